The van der Waals surface area contributed by atoms with Gasteiger partial charge in [-0.1, -0.05) is 6.08 Å². The highest BCUT2D eigenvalue weighted by Gasteiger charge is 2.29. The lowest BCUT2D eigenvalue weighted by Gasteiger charge is -2.29. The summed E-state index contributed by atoms with van der Waals surface area (Å²) >= 11 is 0. The third kappa shape index (κ3) is 3.80. The normalized spacial score (nSPS) is 27.2. The lowest BCUT2D eigenvalue weighted by Crippen LogP contribution is -2.49. The van der Waals surface area contributed by atoms with Gasteiger partial charge in [0, 0.05) is 24.3 Å². The summed E-state index contributed by atoms with van der Waals surface area (Å²) in [7, 11) is 0. The molecule has 0 bridgehead atoms. The number of carbonyl (C=O) groups excluding carboxylic acids is 1. The summed E-state index contributed by atoms with van der Waals surface area (Å²) in [6.07, 6.45) is 7.98. The SMILES string of the molecule is CCN(C(=O)CNC1(C)CCNC1)C1=CCCCC1. The molecule has 1 unspecified atom stereocenters. The van der Waals surface area contributed by atoms with Gasteiger partial charge < -0.3 is 15.5 Å². The van der Waals surface area contributed by atoms with Crippen molar-refractivity contribution in [3.63, 3.8) is 0 Å². The fourth-order valence-corrected chi connectivity index (χ4v) is 2.96. The highest BCUT2D eigenvalue weighted by atomic mass is 16.2. The first-order chi connectivity index (χ1) is 9.14. The van der Waals surface area contributed by atoms with E-state index in [0.717, 1.165) is 38.9 Å². The molecule has 108 valence electrons. The van der Waals surface area contributed by atoms with Gasteiger partial charge in [-0.15, -0.1) is 0 Å². The number of nitrogens with zero attached hydrogens (tertiary/aromatic N) is 1. The Balaban J connectivity index is 1.88. The second-order valence-electron chi connectivity index (χ2n) is 5.92. The predicted octanol–water partition coefficient (Wildman–Crippen LogP) is 1.63. The summed E-state index contributed by atoms with van der Waals surface area (Å²) in [6, 6.07) is 0. The highest BCUT2D eigenvalue weighted by molar-refractivity contribution is 5.80. The molecular weight excluding hydrogens is 238 g/mol. The van der Waals surface area contributed by atoms with Crippen molar-refractivity contribution >= 4 is 5.91 Å². The van der Waals surface area contributed by atoms with Crippen LogP contribution in [0.5, 0.6) is 0 Å². The fraction of sp³-hybridized carbons (Fsp3) is 0.800. The molecule has 2 N–H and O–H groups in total. The van der Waals surface area contributed by atoms with Crippen molar-refractivity contribution in [1.29, 1.82) is 0 Å². The zero-order valence-electron chi connectivity index (χ0n) is 12.3. The molecule has 4 nitrogen and oxygen atoms in total. The second kappa shape index (κ2) is 6.53. The zero-order valence-corrected chi connectivity index (χ0v) is 12.3. The van der Waals surface area contributed by atoms with Crippen LogP contribution in [0.4, 0.5) is 0 Å². The molecule has 1 heterocycles. The van der Waals surface area contributed by atoms with Gasteiger partial charge in [-0.2, -0.15) is 0 Å². The van der Waals surface area contributed by atoms with Crippen molar-refractivity contribution in [2.75, 3.05) is 26.2 Å². The van der Waals surface area contributed by atoms with Crippen LogP contribution in [-0.2, 0) is 4.79 Å². The van der Waals surface area contributed by atoms with Gasteiger partial charge in [0.25, 0.3) is 0 Å². The van der Waals surface area contributed by atoms with Gasteiger partial charge in [0.1, 0.15) is 0 Å². The monoisotopic (exact) mass is 265 g/mol. The number of nitrogens with one attached hydrogen (secondary N) is 2. The van der Waals surface area contributed by atoms with E-state index in [0.29, 0.717) is 6.54 Å². The minimum atomic E-state index is 0.0794. The highest BCUT2D eigenvalue weighted by Crippen LogP contribution is 2.21. The Labute approximate surface area is 116 Å². The molecule has 19 heavy (non-hydrogen) atoms. The second-order valence-corrected chi connectivity index (χ2v) is 5.92. The third-order valence-corrected chi connectivity index (χ3v) is 4.27. The van der Waals surface area contributed by atoms with Gasteiger partial charge in [-0.25, -0.2) is 0 Å². The maximum absolute atomic E-state index is 12.4. The number of hydrogen-bond donors (Lipinski definition) is 2. The van der Waals surface area contributed by atoms with Gasteiger partial charge in [0.15, 0.2) is 0 Å². The van der Waals surface area contributed by atoms with Crippen LogP contribution < -0.4 is 10.6 Å². The number of carbonyl (C=O) groups is 1. The van der Waals surface area contributed by atoms with Gasteiger partial charge in [-0.05, 0) is 52.5 Å². The molecule has 0 radical (unpaired) electrons. The Bertz CT molecular complexity index is 345. The van der Waals surface area contributed by atoms with Crippen molar-refractivity contribution in [2.24, 2.45) is 0 Å². The summed E-state index contributed by atoms with van der Waals surface area (Å²) in [5.41, 5.74) is 1.31. The molecule has 1 fully saturated rings. The molecular formula is C15H27N3O. The number of amides is 1. The van der Waals surface area contributed by atoms with Crippen LogP contribution in [0.25, 0.3) is 0 Å². The van der Waals surface area contributed by atoms with E-state index in [-0.39, 0.29) is 11.4 Å². The molecule has 1 atom stereocenters. The first kappa shape index (κ1) is 14.5. The van der Waals surface area contributed by atoms with E-state index in [1.54, 1.807) is 0 Å². The van der Waals surface area contributed by atoms with Gasteiger partial charge in [-0.3, -0.25) is 4.79 Å². The van der Waals surface area contributed by atoms with Crippen LogP contribution in [-0.4, -0.2) is 42.5 Å². The summed E-state index contributed by atoms with van der Waals surface area (Å²) in [5.74, 6) is 0.212. The summed E-state index contributed by atoms with van der Waals surface area (Å²) < 4.78 is 0. The van der Waals surface area contributed by atoms with Crippen LogP contribution in [0, 0.1) is 0 Å². The Morgan fingerprint density at radius 3 is 2.95 bits per heavy atom. The molecule has 4 heteroatoms. The maximum atomic E-state index is 12.4. The largest absolute Gasteiger partial charge is 0.316 e. The quantitative estimate of drug-likeness (QED) is 0.794. The molecule has 1 aliphatic carbocycles. The number of likely N-dealkylation sites (N-methyl/N-ethyl adjacent to an activating group) is 1. The van der Waals surface area contributed by atoms with E-state index < -0.39 is 0 Å². The number of hydrogen-bond acceptors (Lipinski definition) is 3. The molecule has 0 spiro atoms. The lowest BCUT2D eigenvalue weighted by molar-refractivity contribution is -0.128. The summed E-state index contributed by atoms with van der Waals surface area (Å²) in [4.78, 5) is 14.3. The zero-order chi connectivity index (χ0) is 13.7. The Hall–Kier alpha value is -0.870. The smallest absolute Gasteiger partial charge is 0.240 e. The molecule has 1 amide bonds. The standard InChI is InChI=1S/C15H27N3O/c1-3-18(13-7-5-4-6-8-13)14(19)11-17-15(2)9-10-16-12-15/h7,16-17H,3-6,8-12H2,1-2H3. The molecule has 0 aromatic rings. The molecule has 0 saturated carbocycles. The van der Waals surface area contributed by atoms with Crippen LogP contribution in [0.1, 0.15) is 46.0 Å². The van der Waals surface area contributed by atoms with Crippen LogP contribution >= 0.6 is 0 Å². The van der Waals surface area contributed by atoms with Crippen LogP contribution in [0.2, 0.25) is 0 Å². The Kier molecular flexibility index (Phi) is 4.99. The number of rotatable bonds is 5. The maximum Gasteiger partial charge on any atom is 0.240 e. The summed E-state index contributed by atoms with van der Waals surface area (Å²) in [5, 5.41) is 6.78. The van der Waals surface area contributed by atoms with Gasteiger partial charge in [0.05, 0.1) is 6.54 Å². The number of allylic oxidation sites excluding steroid dienone is 2. The van der Waals surface area contributed by atoms with E-state index in [4.69, 9.17) is 0 Å². The van der Waals surface area contributed by atoms with Gasteiger partial charge >= 0.3 is 0 Å². The van der Waals surface area contributed by atoms with E-state index in [9.17, 15) is 4.79 Å². The van der Waals surface area contributed by atoms with E-state index in [1.807, 2.05) is 4.90 Å². The van der Waals surface area contributed by atoms with E-state index >= 15 is 0 Å². The van der Waals surface area contributed by atoms with Crippen molar-refractivity contribution in [1.82, 2.24) is 15.5 Å². The van der Waals surface area contributed by atoms with Crippen molar-refractivity contribution in [3.8, 4) is 0 Å². The summed E-state index contributed by atoms with van der Waals surface area (Å²) in [6.45, 7) is 7.47. The molecule has 0 aromatic carbocycles. The minimum Gasteiger partial charge on any atom is -0.316 e. The lowest BCUT2D eigenvalue weighted by atomic mass is 10.0. The average molecular weight is 265 g/mol. The molecule has 0 aromatic heterocycles. The van der Waals surface area contributed by atoms with Gasteiger partial charge in [0.2, 0.25) is 5.91 Å². The van der Waals surface area contributed by atoms with E-state index in [2.05, 4.69) is 30.6 Å². The van der Waals surface area contributed by atoms with Crippen LogP contribution in [0.3, 0.4) is 0 Å². The molecule has 1 aliphatic heterocycles. The van der Waals surface area contributed by atoms with Crippen LogP contribution in [0.15, 0.2) is 11.8 Å². The molecule has 2 aliphatic rings. The van der Waals surface area contributed by atoms with Crippen molar-refractivity contribution < 1.29 is 4.79 Å². The fourth-order valence-electron chi connectivity index (χ4n) is 2.96. The molecule has 2 rings (SSSR count). The van der Waals surface area contributed by atoms with Crippen molar-refractivity contribution in [2.45, 2.75) is 51.5 Å². The first-order valence-electron chi connectivity index (χ1n) is 7.60. The van der Waals surface area contributed by atoms with E-state index in [1.165, 1.54) is 18.5 Å². The molecule has 1 saturated heterocycles. The Morgan fingerprint density at radius 1 is 1.53 bits per heavy atom. The van der Waals surface area contributed by atoms with Crippen molar-refractivity contribution in [3.05, 3.63) is 11.8 Å². The first-order valence-corrected chi connectivity index (χ1v) is 7.60. The topological polar surface area (TPSA) is 44.4 Å². The Morgan fingerprint density at radius 2 is 2.37 bits per heavy atom. The average Bonchev–Trinajstić information content (AvgIpc) is 2.86. The third-order valence-electron chi connectivity index (χ3n) is 4.27. The predicted molar refractivity (Wildman–Crippen MR) is 77.8 cm³/mol. The minimum absolute atomic E-state index is 0.0794.